The predicted molar refractivity (Wildman–Crippen MR) is 77.8 cm³/mol. The van der Waals surface area contributed by atoms with Gasteiger partial charge in [-0.2, -0.15) is 0 Å². The number of rotatable bonds is 4. The van der Waals surface area contributed by atoms with E-state index in [1.807, 2.05) is 13.8 Å². The minimum Gasteiger partial charge on any atom is -0.370 e. The first-order valence-corrected chi connectivity index (χ1v) is 5.29. The SMILES string of the molecule is CCC(C)NC(N)=NCc1ncccc1F.I. The van der Waals surface area contributed by atoms with Crippen molar-refractivity contribution in [2.45, 2.75) is 32.9 Å². The molecule has 0 aliphatic carbocycles. The van der Waals surface area contributed by atoms with Crippen LogP contribution in [-0.4, -0.2) is 17.0 Å². The van der Waals surface area contributed by atoms with E-state index in [2.05, 4.69) is 15.3 Å². The van der Waals surface area contributed by atoms with Gasteiger partial charge >= 0.3 is 0 Å². The molecule has 0 saturated heterocycles. The van der Waals surface area contributed by atoms with Crippen LogP contribution >= 0.6 is 24.0 Å². The number of hydrogen-bond acceptors (Lipinski definition) is 2. The fourth-order valence-corrected chi connectivity index (χ4v) is 1.09. The monoisotopic (exact) mass is 352 g/mol. The molecule has 0 aromatic carbocycles. The lowest BCUT2D eigenvalue weighted by Gasteiger charge is -2.11. The van der Waals surface area contributed by atoms with Crippen LogP contribution in [0.25, 0.3) is 0 Å². The number of aliphatic imine (C=N–C) groups is 1. The van der Waals surface area contributed by atoms with Gasteiger partial charge in [0.15, 0.2) is 5.96 Å². The van der Waals surface area contributed by atoms with Crippen molar-refractivity contribution >= 4 is 29.9 Å². The summed E-state index contributed by atoms with van der Waals surface area (Å²) in [6, 6.07) is 3.16. The van der Waals surface area contributed by atoms with Gasteiger partial charge in [-0.3, -0.25) is 4.98 Å². The lowest BCUT2D eigenvalue weighted by molar-refractivity contribution is 0.598. The molecule has 1 rings (SSSR count). The molecule has 1 aromatic heterocycles. The molecule has 96 valence electrons. The van der Waals surface area contributed by atoms with Crippen molar-refractivity contribution in [2.24, 2.45) is 10.7 Å². The first-order valence-electron chi connectivity index (χ1n) is 5.29. The molecule has 3 N–H and O–H groups in total. The first kappa shape index (κ1) is 16.1. The predicted octanol–water partition coefficient (Wildman–Crippen LogP) is 2.04. The summed E-state index contributed by atoms with van der Waals surface area (Å²) < 4.78 is 13.2. The van der Waals surface area contributed by atoms with Gasteiger partial charge in [-0.05, 0) is 25.5 Å². The highest BCUT2D eigenvalue weighted by Gasteiger charge is 2.02. The molecule has 6 heteroatoms. The Morgan fingerprint density at radius 3 is 2.94 bits per heavy atom. The Labute approximate surface area is 118 Å². The van der Waals surface area contributed by atoms with E-state index in [0.717, 1.165) is 6.42 Å². The van der Waals surface area contributed by atoms with E-state index in [1.54, 1.807) is 6.07 Å². The minimum absolute atomic E-state index is 0. The topological polar surface area (TPSA) is 63.3 Å². The van der Waals surface area contributed by atoms with Crippen molar-refractivity contribution in [3.8, 4) is 0 Å². The van der Waals surface area contributed by atoms with Crippen LogP contribution in [0.3, 0.4) is 0 Å². The lowest BCUT2D eigenvalue weighted by Crippen LogP contribution is -2.38. The molecule has 0 saturated carbocycles. The molecule has 0 radical (unpaired) electrons. The standard InChI is InChI=1S/C11H17FN4.HI/c1-3-8(2)16-11(13)15-7-10-9(12)5-4-6-14-10;/h4-6,8H,3,7H2,1-2H3,(H3,13,15,16);1H. The average Bonchev–Trinajstić information content (AvgIpc) is 2.28. The normalized spacial score (nSPS) is 12.8. The smallest absolute Gasteiger partial charge is 0.189 e. The zero-order valence-corrected chi connectivity index (χ0v) is 12.3. The summed E-state index contributed by atoms with van der Waals surface area (Å²) in [6.45, 7) is 4.20. The summed E-state index contributed by atoms with van der Waals surface area (Å²) in [7, 11) is 0. The van der Waals surface area contributed by atoms with Gasteiger partial charge in [-0.15, -0.1) is 24.0 Å². The third-order valence-electron chi connectivity index (χ3n) is 2.24. The maximum Gasteiger partial charge on any atom is 0.189 e. The van der Waals surface area contributed by atoms with Crippen LogP contribution in [0, 0.1) is 5.82 Å². The van der Waals surface area contributed by atoms with E-state index in [4.69, 9.17) is 5.73 Å². The quantitative estimate of drug-likeness (QED) is 0.495. The summed E-state index contributed by atoms with van der Waals surface area (Å²) in [5, 5.41) is 3.00. The van der Waals surface area contributed by atoms with Gasteiger partial charge in [-0.1, -0.05) is 6.92 Å². The van der Waals surface area contributed by atoms with Crippen LogP contribution in [0.4, 0.5) is 4.39 Å². The summed E-state index contributed by atoms with van der Waals surface area (Å²) in [6.07, 6.45) is 2.49. The van der Waals surface area contributed by atoms with Crippen molar-refractivity contribution in [1.29, 1.82) is 0 Å². The van der Waals surface area contributed by atoms with E-state index in [0.29, 0.717) is 11.7 Å². The first-order chi connectivity index (χ1) is 7.63. The maximum absolute atomic E-state index is 13.2. The lowest BCUT2D eigenvalue weighted by atomic mass is 10.3. The molecule has 0 aliphatic rings. The van der Waals surface area contributed by atoms with Gasteiger partial charge in [0.25, 0.3) is 0 Å². The average molecular weight is 352 g/mol. The molecular weight excluding hydrogens is 334 g/mol. The highest BCUT2D eigenvalue weighted by Crippen LogP contribution is 2.03. The number of nitrogens with one attached hydrogen (secondary N) is 1. The summed E-state index contributed by atoms with van der Waals surface area (Å²) in [5.41, 5.74) is 5.94. The van der Waals surface area contributed by atoms with Crippen LogP contribution in [-0.2, 0) is 6.54 Å². The highest BCUT2D eigenvalue weighted by molar-refractivity contribution is 14.0. The number of hydrogen-bond donors (Lipinski definition) is 2. The van der Waals surface area contributed by atoms with Gasteiger partial charge in [0.1, 0.15) is 5.82 Å². The molecule has 0 amide bonds. The van der Waals surface area contributed by atoms with Crippen molar-refractivity contribution in [3.63, 3.8) is 0 Å². The molecule has 1 heterocycles. The number of nitrogens with two attached hydrogens (primary N) is 1. The minimum atomic E-state index is -0.359. The number of aromatic nitrogens is 1. The van der Waals surface area contributed by atoms with Crippen molar-refractivity contribution < 1.29 is 4.39 Å². The van der Waals surface area contributed by atoms with Gasteiger partial charge in [0.2, 0.25) is 0 Å². The Kier molecular flexibility index (Phi) is 7.77. The number of halogens is 2. The van der Waals surface area contributed by atoms with Crippen molar-refractivity contribution in [1.82, 2.24) is 10.3 Å². The highest BCUT2D eigenvalue weighted by atomic mass is 127. The maximum atomic E-state index is 13.2. The molecule has 0 bridgehead atoms. The van der Waals surface area contributed by atoms with Crippen molar-refractivity contribution in [2.75, 3.05) is 0 Å². The zero-order valence-electron chi connectivity index (χ0n) is 9.98. The Morgan fingerprint density at radius 2 is 2.35 bits per heavy atom. The number of nitrogens with zero attached hydrogens (tertiary/aromatic N) is 2. The Balaban J connectivity index is 0.00000256. The Morgan fingerprint density at radius 1 is 1.65 bits per heavy atom. The zero-order chi connectivity index (χ0) is 12.0. The summed E-state index contributed by atoms with van der Waals surface area (Å²) >= 11 is 0. The second kappa shape index (κ2) is 8.21. The van der Waals surface area contributed by atoms with Crippen LogP contribution in [0.2, 0.25) is 0 Å². The van der Waals surface area contributed by atoms with E-state index >= 15 is 0 Å². The third kappa shape index (κ3) is 5.81. The molecule has 17 heavy (non-hydrogen) atoms. The van der Waals surface area contributed by atoms with Crippen LogP contribution in [0.15, 0.2) is 23.3 Å². The molecular formula is C11H18FIN4. The Hall–Kier alpha value is -0.920. The van der Waals surface area contributed by atoms with Gasteiger partial charge in [0.05, 0.1) is 12.2 Å². The molecule has 1 unspecified atom stereocenters. The molecule has 0 fully saturated rings. The van der Waals surface area contributed by atoms with Crippen LogP contribution in [0.5, 0.6) is 0 Å². The molecule has 0 spiro atoms. The van der Waals surface area contributed by atoms with Gasteiger partial charge in [0, 0.05) is 12.2 Å². The molecule has 1 aromatic rings. The van der Waals surface area contributed by atoms with Crippen molar-refractivity contribution in [3.05, 3.63) is 29.8 Å². The second-order valence-corrected chi connectivity index (χ2v) is 3.59. The van der Waals surface area contributed by atoms with Gasteiger partial charge < -0.3 is 11.1 Å². The van der Waals surface area contributed by atoms with Gasteiger partial charge in [-0.25, -0.2) is 9.38 Å². The largest absolute Gasteiger partial charge is 0.370 e. The molecule has 1 atom stereocenters. The summed E-state index contributed by atoms with van der Waals surface area (Å²) in [4.78, 5) is 7.91. The number of guanidine groups is 1. The second-order valence-electron chi connectivity index (χ2n) is 3.59. The van der Waals surface area contributed by atoms with E-state index < -0.39 is 0 Å². The van der Waals surface area contributed by atoms with E-state index in [9.17, 15) is 4.39 Å². The van der Waals surface area contributed by atoms with E-state index in [1.165, 1.54) is 12.3 Å². The van der Waals surface area contributed by atoms with E-state index in [-0.39, 0.29) is 42.4 Å². The van der Waals surface area contributed by atoms with Crippen LogP contribution in [0.1, 0.15) is 26.0 Å². The van der Waals surface area contributed by atoms with Crippen LogP contribution < -0.4 is 11.1 Å². The fraction of sp³-hybridized carbons (Fsp3) is 0.455. The third-order valence-corrected chi connectivity index (χ3v) is 2.24. The summed E-state index contributed by atoms with van der Waals surface area (Å²) in [5.74, 6) is -0.0398. The molecule has 0 aliphatic heterocycles. The Bertz CT molecular complexity index is 370. The molecule has 4 nitrogen and oxygen atoms in total. The fourth-order valence-electron chi connectivity index (χ4n) is 1.09. The number of pyridine rings is 1.